The first-order valence-electron chi connectivity index (χ1n) is 13.0. The summed E-state index contributed by atoms with van der Waals surface area (Å²) in [6, 6.07) is 20.1. The quantitative estimate of drug-likeness (QED) is 0.457. The van der Waals surface area contributed by atoms with Gasteiger partial charge in [-0.25, -0.2) is 0 Å². The van der Waals surface area contributed by atoms with Gasteiger partial charge in [0.2, 0.25) is 0 Å². The van der Waals surface area contributed by atoms with Crippen LogP contribution >= 0.6 is 0 Å². The van der Waals surface area contributed by atoms with E-state index in [1.54, 1.807) is 6.21 Å². The number of nitrogens with zero attached hydrogens (tertiary/aromatic N) is 3. The van der Waals surface area contributed by atoms with Gasteiger partial charge in [-0.1, -0.05) is 68.5 Å². The number of dihydropyridines is 1. The summed E-state index contributed by atoms with van der Waals surface area (Å²) in [6.45, 7) is 4.67. The average molecular weight is 470 g/mol. The Balaban J connectivity index is 1.41. The topological polar surface area (TPSA) is 39.4 Å². The summed E-state index contributed by atoms with van der Waals surface area (Å²) in [5.41, 5.74) is 11.2. The highest BCUT2D eigenvalue weighted by atomic mass is 15.2. The van der Waals surface area contributed by atoms with Crippen molar-refractivity contribution in [2.24, 2.45) is 4.99 Å². The molecule has 3 heteroatoms. The van der Waals surface area contributed by atoms with Gasteiger partial charge >= 0.3 is 0 Å². The smallest absolute Gasteiger partial charge is 0.0948 e. The van der Waals surface area contributed by atoms with E-state index in [0.717, 1.165) is 31.3 Å². The van der Waals surface area contributed by atoms with Gasteiger partial charge in [0.1, 0.15) is 0 Å². The van der Waals surface area contributed by atoms with E-state index in [1.807, 2.05) is 6.08 Å². The molecule has 1 unspecified atom stereocenters. The van der Waals surface area contributed by atoms with Crippen molar-refractivity contribution in [3.05, 3.63) is 118 Å². The molecule has 0 aromatic heterocycles. The molecule has 36 heavy (non-hydrogen) atoms. The molecule has 6 rings (SSSR count). The van der Waals surface area contributed by atoms with Crippen molar-refractivity contribution in [1.82, 2.24) is 0 Å². The van der Waals surface area contributed by atoms with Crippen LogP contribution < -0.4 is 4.90 Å². The maximum atomic E-state index is 9.46. The van der Waals surface area contributed by atoms with Crippen LogP contribution in [-0.2, 0) is 5.41 Å². The minimum atomic E-state index is -0.0512. The predicted octanol–water partition coefficient (Wildman–Crippen LogP) is 8.01. The van der Waals surface area contributed by atoms with E-state index in [1.165, 1.54) is 44.9 Å². The first kappa shape index (κ1) is 22.6. The molecule has 0 spiro atoms. The van der Waals surface area contributed by atoms with Gasteiger partial charge in [0.05, 0.1) is 12.1 Å². The van der Waals surface area contributed by atoms with Crippen LogP contribution in [0.3, 0.4) is 0 Å². The van der Waals surface area contributed by atoms with E-state index >= 15 is 0 Å². The molecule has 0 fully saturated rings. The Morgan fingerprint density at radius 2 is 1.61 bits per heavy atom. The molecule has 178 valence electrons. The van der Waals surface area contributed by atoms with E-state index in [9.17, 15) is 5.26 Å². The Morgan fingerprint density at radius 3 is 2.33 bits per heavy atom. The molecule has 0 bridgehead atoms. The lowest BCUT2D eigenvalue weighted by atomic mass is 9.73. The Kier molecular flexibility index (Phi) is 5.61. The zero-order chi connectivity index (χ0) is 24.7. The summed E-state index contributed by atoms with van der Waals surface area (Å²) in [7, 11) is 0. The highest BCUT2D eigenvalue weighted by Crippen LogP contribution is 2.51. The number of nitriles is 1. The molecule has 0 saturated carbocycles. The second-order valence-corrected chi connectivity index (χ2v) is 10.5. The standard InChI is InChI=1S/C33H31N3/c1-33(2)28-14-5-7-16-31(28)36(32-17-8-6-15-29(32)33)25-11-9-10-24(21-25)26-12-3-4-13-27(26)30-20-23(22-34)18-19-35-30/h5-8,10,12-19,21,30H,3-4,9,11,20H2,1-2H3. The van der Waals surface area contributed by atoms with Gasteiger partial charge in [-0.05, 0) is 77.8 Å². The van der Waals surface area contributed by atoms with Crippen molar-refractivity contribution in [3.63, 3.8) is 0 Å². The van der Waals surface area contributed by atoms with E-state index in [-0.39, 0.29) is 11.5 Å². The molecule has 2 aliphatic heterocycles. The molecule has 4 aliphatic rings. The van der Waals surface area contributed by atoms with Gasteiger partial charge in [0, 0.05) is 40.7 Å². The lowest BCUT2D eigenvalue weighted by Crippen LogP contribution is -2.33. The number of allylic oxidation sites excluding steroid dienone is 7. The second kappa shape index (κ2) is 8.95. The largest absolute Gasteiger partial charge is 0.314 e. The number of anilines is 2. The lowest BCUT2D eigenvalue weighted by Gasteiger charge is -2.43. The molecule has 2 aliphatic carbocycles. The maximum absolute atomic E-state index is 9.46. The third kappa shape index (κ3) is 3.69. The van der Waals surface area contributed by atoms with Crippen LogP contribution in [0.15, 0.2) is 112 Å². The average Bonchev–Trinajstić information content (AvgIpc) is 2.93. The van der Waals surface area contributed by atoms with Crippen molar-refractivity contribution in [1.29, 1.82) is 5.26 Å². The number of hydrogen-bond acceptors (Lipinski definition) is 3. The third-order valence-corrected chi connectivity index (χ3v) is 7.97. The Morgan fingerprint density at radius 1 is 0.917 bits per heavy atom. The van der Waals surface area contributed by atoms with Crippen molar-refractivity contribution < 1.29 is 0 Å². The zero-order valence-electron chi connectivity index (χ0n) is 21.0. The SMILES string of the molecule is CC1(C)c2ccccc2N(C2=CC(C3=CCCC=C3C3CC(C#N)=CC=N3)=CCC2)c2ccccc21. The number of benzene rings is 2. The third-order valence-electron chi connectivity index (χ3n) is 7.97. The van der Waals surface area contributed by atoms with Gasteiger partial charge in [0.25, 0.3) is 0 Å². The van der Waals surface area contributed by atoms with Crippen LogP contribution in [0.1, 0.15) is 57.1 Å². The first-order valence-corrected chi connectivity index (χ1v) is 13.0. The summed E-state index contributed by atoms with van der Waals surface area (Å²) in [5.74, 6) is 0. The number of rotatable bonds is 3. The fraction of sp³-hybridized carbons (Fsp3) is 0.273. The number of para-hydroxylation sites is 2. The van der Waals surface area contributed by atoms with Crippen LogP contribution in [-0.4, -0.2) is 12.3 Å². The fourth-order valence-electron chi connectivity index (χ4n) is 6.16. The van der Waals surface area contributed by atoms with Crippen LogP contribution in [0.5, 0.6) is 0 Å². The molecule has 0 amide bonds. The monoisotopic (exact) mass is 469 g/mol. The highest BCUT2D eigenvalue weighted by molar-refractivity contribution is 5.81. The minimum absolute atomic E-state index is 0.0214. The number of fused-ring (bicyclic) bond motifs is 2. The molecular formula is C33H31N3. The summed E-state index contributed by atoms with van der Waals surface area (Å²) in [4.78, 5) is 7.25. The van der Waals surface area contributed by atoms with Gasteiger partial charge in [-0.3, -0.25) is 4.99 Å². The Labute approximate surface area is 214 Å². The molecule has 0 N–H and O–H groups in total. The summed E-state index contributed by atoms with van der Waals surface area (Å²) < 4.78 is 0. The molecule has 3 nitrogen and oxygen atoms in total. The number of hydrogen-bond donors (Lipinski definition) is 0. The van der Waals surface area contributed by atoms with Gasteiger partial charge in [-0.2, -0.15) is 5.26 Å². The van der Waals surface area contributed by atoms with Crippen molar-refractivity contribution in [2.45, 2.75) is 57.4 Å². The molecular weight excluding hydrogens is 438 g/mol. The second-order valence-electron chi connectivity index (χ2n) is 10.5. The van der Waals surface area contributed by atoms with Crippen LogP contribution in [0.25, 0.3) is 0 Å². The Bertz CT molecular complexity index is 1400. The maximum Gasteiger partial charge on any atom is 0.0948 e. The summed E-state index contributed by atoms with van der Waals surface area (Å²) >= 11 is 0. The van der Waals surface area contributed by atoms with E-state index in [0.29, 0.717) is 6.42 Å². The summed E-state index contributed by atoms with van der Waals surface area (Å²) in [5, 5.41) is 9.46. The Hall–Kier alpha value is -3.90. The molecule has 1 atom stereocenters. The van der Waals surface area contributed by atoms with Crippen molar-refractivity contribution >= 4 is 17.6 Å². The van der Waals surface area contributed by atoms with Gasteiger partial charge < -0.3 is 4.90 Å². The predicted molar refractivity (Wildman–Crippen MR) is 149 cm³/mol. The molecule has 2 heterocycles. The van der Waals surface area contributed by atoms with E-state index in [2.05, 4.69) is 97.7 Å². The first-order chi connectivity index (χ1) is 17.6. The van der Waals surface area contributed by atoms with Crippen LogP contribution in [0, 0.1) is 11.3 Å². The van der Waals surface area contributed by atoms with Gasteiger partial charge in [0.15, 0.2) is 0 Å². The molecule has 2 aromatic carbocycles. The van der Waals surface area contributed by atoms with Crippen molar-refractivity contribution in [3.8, 4) is 6.07 Å². The normalized spacial score (nSPS) is 22.2. The van der Waals surface area contributed by atoms with Gasteiger partial charge in [-0.15, -0.1) is 0 Å². The number of aliphatic imine (C=N–C) groups is 1. The van der Waals surface area contributed by atoms with Crippen molar-refractivity contribution in [2.75, 3.05) is 4.90 Å². The highest BCUT2D eigenvalue weighted by Gasteiger charge is 2.37. The lowest BCUT2D eigenvalue weighted by molar-refractivity contribution is 0.628. The minimum Gasteiger partial charge on any atom is -0.314 e. The van der Waals surface area contributed by atoms with Crippen LogP contribution in [0.4, 0.5) is 11.4 Å². The van der Waals surface area contributed by atoms with Crippen LogP contribution in [0.2, 0.25) is 0 Å². The zero-order valence-corrected chi connectivity index (χ0v) is 21.0. The molecule has 0 radical (unpaired) electrons. The molecule has 2 aromatic rings. The van der Waals surface area contributed by atoms with E-state index in [4.69, 9.17) is 4.99 Å². The fourth-order valence-corrected chi connectivity index (χ4v) is 6.16. The summed E-state index contributed by atoms with van der Waals surface area (Å²) in [6.07, 6.45) is 17.9. The molecule has 0 saturated heterocycles. The van der Waals surface area contributed by atoms with E-state index < -0.39 is 0 Å².